The number of amides is 1. The van der Waals surface area contributed by atoms with E-state index in [0.29, 0.717) is 17.9 Å². The van der Waals surface area contributed by atoms with Gasteiger partial charge in [0.05, 0.1) is 5.56 Å². The third kappa shape index (κ3) is 3.67. The fraction of sp³-hybridized carbons (Fsp3) is 0.455. The minimum Gasteiger partial charge on any atom is -0.362 e. The number of nitrogens with one attached hydrogen (secondary N) is 1. The highest BCUT2D eigenvalue weighted by Crippen LogP contribution is 2.19. The molecule has 0 saturated carbocycles. The van der Waals surface area contributed by atoms with Crippen LogP contribution in [0, 0.1) is 0 Å². The van der Waals surface area contributed by atoms with Gasteiger partial charge in [-0.3, -0.25) is 4.79 Å². The highest BCUT2D eigenvalue weighted by molar-refractivity contribution is 9.10. The SMILES string of the molecule is C[C@@H](CN)NC(=O)c1cc(Br)cnc1N(C)C. The smallest absolute Gasteiger partial charge is 0.255 e. The van der Waals surface area contributed by atoms with E-state index in [0.717, 1.165) is 4.47 Å². The number of pyridine rings is 1. The fourth-order valence-corrected chi connectivity index (χ4v) is 1.65. The molecule has 1 aromatic heterocycles. The number of anilines is 1. The van der Waals surface area contributed by atoms with Crippen LogP contribution in [-0.4, -0.2) is 37.6 Å². The molecule has 1 amide bonds. The molecular weight excluding hydrogens is 284 g/mol. The molecule has 17 heavy (non-hydrogen) atoms. The molecule has 94 valence electrons. The normalized spacial score (nSPS) is 12.1. The van der Waals surface area contributed by atoms with E-state index in [2.05, 4.69) is 26.2 Å². The van der Waals surface area contributed by atoms with Crippen molar-refractivity contribution in [2.24, 2.45) is 5.73 Å². The molecule has 6 heteroatoms. The largest absolute Gasteiger partial charge is 0.362 e. The van der Waals surface area contributed by atoms with Crippen molar-refractivity contribution in [3.63, 3.8) is 0 Å². The van der Waals surface area contributed by atoms with Crippen molar-refractivity contribution in [3.05, 3.63) is 22.3 Å². The van der Waals surface area contributed by atoms with Crippen LogP contribution in [0.5, 0.6) is 0 Å². The van der Waals surface area contributed by atoms with Gasteiger partial charge in [0.1, 0.15) is 5.82 Å². The zero-order chi connectivity index (χ0) is 13.0. The topological polar surface area (TPSA) is 71.2 Å². The Morgan fingerprint density at radius 2 is 2.29 bits per heavy atom. The van der Waals surface area contributed by atoms with Gasteiger partial charge in [-0.1, -0.05) is 0 Å². The Morgan fingerprint density at radius 3 is 2.82 bits per heavy atom. The summed E-state index contributed by atoms with van der Waals surface area (Å²) in [6.07, 6.45) is 1.67. The van der Waals surface area contributed by atoms with Crippen molar-refractivity contribution in [2.75, 3.05) is 25.5 Å². The van der Waals surface area contributed by atoms with E-state index in [1.807, 2.05) is 21.0 Å². The first-order chi connectivity index (χ1) is 7.95. The lowest BCUT2D eigenvalue weighted by Gasteiger charge is -2.17. The minimum atomic E-state index is -0.166. The molecule has 0 aromatic carbocycles. The van der Waals surface area contributed by atoms with E-state index in [9.17, 15) is 4.79 Å². The van der Waals surface area contributed by atoms with Gasteiger partial charge in [-0.15, -0.1) is 0 Å². The summed E-state index contributed by atoms with van der Waals surface area (Å²) in [5.41, 5.74) is 6.01. The Labute approximate surface area is 110 Å². The van der Waals surface area contributed by atoms with Crippen LogP contribution >= 0.6 is 15.9 Å². The van der Waals surface area contributed by atoms with Crippen LogP contribution in [0.2, 0.25) is 0 Å². The lowest BCUT2D eigenvalue weighted by Crippen LogP contribution is -2.38. The fourth-order valence-electron chi connectivity index (χ4n) is 1.32. The summed E-state index contributed by atoms with van der Waals surface area (Å²) in [6, 6.07) is 1.69. The first kappa shape index (κ1) is 13.9. The van der Waals surface area contributed by atoms with Crippen molar-refractivity contribution in [1.82, 2.24) is 10.3 Å². The molecule has 0 unspecified atom stereocenters. The summed E-state index contributed by atoms with van der Waals surface area (Å²) in [6.45, 7) is 2.27. The standard InChI is InChI=1S/C11H17BrN4O/c1-7(5-13)15-11(17)9-4-8(12)6-14-10(9)16(2)3/h4,6-7H,5,13H2,1-3H3,(H,15,17)/t7-/m0/s1. The predicted octanol–water partition coefficient (Wildman–Crippen LogP) is 0.987. The van der Waals surface area contributed by atoms with E-state index >= 15 is 0 Å². The van der Waals surface area contributed by atoms with Gasteiger partial charge in [-0.05, 0) is 28.9 Å². The van der Waals surface area contributed by atoms with E-state index in [-0.39, 0.29) is 11.9 Å². The molecule has 0 aliphatic rings. The van der Waals surface area contributed by atoms with Crippen molar-refractivity contribution in [3.8, 4) is 0 Å². The number of hydrogen-bond donors (Lipinski definition) is 2. The summed E-state index contributed by atoms with van der Waals surface area (Å²) >= 11 is 3.31. The maximum absolute atomic E-state index is 12.0. The van der Waals surface area contributed by atoms with E-state index in [4.69, 9.17) is 5.73 Å². The number of carbonyl (C=O) groups excluding carboxylic acids is 1. The molecule has 0 saturated heterocycles. The van der Waals surface area contributed by atoms with E-state index < -0.39 is 0 Å². The van der Waals surface area contributed by atoms with E-state index in [1.165, 1.54) is 0 Å². The molecule has 0 fully saturated rings. The Bertz CT molecular complexity index is 408. The molecule has 0 aliphatic carbocycles. The van der Waals surface area contributed by atoms with Crippen LogP contribution in [0.3, 0.4) is 0 Å². The zero-order valence-electron chi connectivity index (χ0n) is 10.2. The van der Waals surface area contributed by atoms with Gasteiger partial charge in [-0.25, -0.2) is 4.98 Å². The summed E-state index contributed by atoms with van der Waals surface area (Å²) in [4.78, 5) is 18.1. The molecule has 1 heterocycles. The van der Waals surface area contributed by atoms with Crippen LogP contribution in [0.25, 0.3) is 0 Å². The number of hydrogen-bond acceptors (Lipinski definition) is 4. The lowest BCUT2D eigenvalue weighted by atomic mass is 10.2. The molecule has 3 N–H and O–H groups in total. The quantitative estimate of drug-likeness (QED) is 0.870. The average Bonchev–Trinajstić information content (AvgIpc) is 2.28. The Hall–Kier alpha value is -1.14. The summed E-state index contributed by atoms with van der Waals surface area (Å²) in [5, 5.41) is 2.82. The summed E-state index contributed by atoms with van der Waals surface area (Å²) in [7, 11) is 3.69. The zero-order valence-corrected chi connectivity index (χ0v) is 11.8. The number of carbonyl (C=O) groups is 1. The van der Waals surface area contributed by atoms with Crippen LogP contribution in [-0.2, 0) is 0 Å². The summed E-state index contributed by atoms with van der Waals surface area (Å²) < 4.78 is 0.772. The Balaban J connectivity index is 3.02. The third-order valence-corrected chi connectivity index (χ3v) is 2.67. The van der Waals surface area contributed by atoms with Gasteiger partial charge in [0.15, 0.2) is 0 Å². The van der Waals surface area contributed by atoms with Crippen molar-refractivity contribution in [1.29, 1.82) is 0 Å². The van der Waals surface area contributed by atoms with Gasteiger partial charge in [0, 0.05) is 37.4 Å². The second-order valence-corrected chi connectivity index (χ2v) is 4.95. The highest BCUT2D eigenvalue weighted by atomic mass is 79.9. The third-order valence-electron chi connectivity index (χ3n) is 2.23. The van der Waals surface area contributed by atoms with Crippen molar-refractivity contribution in [2.45, 2.75) is 13.0 Å². The molecule has 1 atom stereocenters. The Kier molecular flexibility index (Phi) is 4.89. The highest BCUT2D eigenvalue weighted by Gasteiger charge is 2.16. The number of nitrogens with two attached hydrogens (primary N) is 1. The molecular formula is C11H17BrN4O. The second kappa shape index (κ2) is 5.97. The molecule has 0 bridgehead atoms. The van der Waals surface area contributed by atoms with E-state index in [1.54, 1.807) is 17.2 Å². The second-order valence-electron chi connectivity index (χ2n) is 4.03. The van der Waals surface area contributed by atoms with Gasteiger partial charge in [-0.2, -0.15) is 0 Å². The number of nitrogens with zero attached hydrogens (tertiary/aromatic N) is 2. The van der Waals surface area contributed by atoms with Gasteiger partial charge >= 0.3 is 0 Å². The summed E-state index contributed by atoms with van der Waals surface area (Å²) in [5.74, 6) is 0.468. The average molecular weight is 301 g/mol. The molecule has 0 spiro atoms. The molecule has 0 aliphatic heterocycles. The maximum atomic E-state index is 12.0. The lowest BCUT2D eigenvalue weighted by molar-refractivity contribution is 0.0941. The molecule has 1 rings (SSSR count). The number of halogens is 1. The monoisotopic (exact) mass is 300 g/mol. The van der Waals surface area contributed by atoms with Gasteiger partial charge in [0.25, 0.3) is 5.91 Å². The molecule has 1 aromatic rings. The Morgan fingerprint density at radius 1 is 1.65 bits per heavy atom. The molecule has 5 nitrogen and oxygen atoms in total. The first-order valence-electron chi connectivity index (χ1n) is 5.29. The van der Waals surface area contributed by atoms with Crippen molar-refractivity contribution >= 4 is 27.7 Å². The number of aromatic nitrogens is 1. The van der Waals surface area contributed by atoms with Crippen LogP contribution in [0.15, 0.2) is 16.7 Å². The van der Waals surface area contributed by atoms with Gasteiger partial charge < -0.3 is 16.0 Å². The van der Waals surface area contributed by atoms with Crippen LogP contribution in [0.4, 0.5) is 5.82 Å². The maximum Gasteiger partial charge on any atom is 0.255 e. The predicted molar refractivity (Wildman–Crippen MR) is 72.2 cm³/mol. The van der Waals surface area contributed by atoms with Crippen LogP contribution < -0.4 is 16.0 Å². The number of rotatable bonds is 4. The van der Waals surface area contributed by atoms with Crippen molar-refractivity contribution < 1.29 is 4.79 Å². The van der Waals surface area contributed by atoms with Crippen LogP contribution in [0.1, 0.15) is 17.3 Å². The first-order valence-corrected chi connectivity index (χ1v) is 6.08. The van der Waals surface area contributed by atoms with Gasteiger partial charge in [0.2, 0.25) is 0 Å². The molecule has 0 radical (unpaired) electrons. The minimum absolute atomic E-state index is 0.0588.